The van der Waals surface area contributed by atoms with E-state index >= 15 is 0 Å². The van der Waals surface area contributed by atoms with Crippen LogP contribution in [0.4, 0.5) is 17.1 Å². The van der Waals surface area contributed by atoms with Crippen molar-refractivity contribution in [3.05, 3.63) is 149 Å². The van der Waals surface area contributed by atoms with Gasteiger partial charge in [-0.1, -0.05) is 72.8 Å². The molecule has 0 spiro atoms. The first-order valence-electron chi connectivity index (χ1n) is 18.6. The molecule has 2 N–H and O–H groups in total. The molecule has 292 valence electrons. The lowest BCUT2D eigenvalue weighted by Crippen LogP contribution is -2.48. The Kier molecular flexibility index (Phi) is 13.4. The van der Waals surface area contributed by atoms with Crippen LogP contribution in [-0.4, -0.2) is 82.4 Å². The summed E-state index contributed by atoms with van der Waals surface area (Å²) in [6, 6.07) is 39.1. The standard InChI is InChI=1S/C43H47N5O6S2/c1-46(2)28-29-54-43(32-35-13-9-10-16-39(35)33-11-5-3-6-12-33)23-26-47(27-24-43)36-19-17-34(18-20-36)42(49)45-56(52,53)38-21-22-40(41(31-38)48(50)51)44-25-30-55-37-14-7-4-8-15-37/h3-22,31,44H,23-30,32H2,1-2H3,(H,45,49). The molecule has 1 aliphatic heterocycles. The molecule has 0 unspecified atom stereocenters. The van der Waals surface area contributed by atoms with Crippen LogP contribution in [0, 0.1) is 10.1 Å². The highest BCUT2D eigenvalue weighted by molar-refractivity contribution is 7.99. The summed E-state index contributed by atoms with van der Waals surface area (Å²) in [5.41, 5.74) is 4.14. The zero-order valence-corrected chi connectivity index (χ0v) is 33.2. The van der Waals surface area contributed by atoms with Gasteiger partial charge < -0.3 is 19.9 Å². The largest absolute Gasteiger partial charge is 0.379 e. The van der Waals surface area contributed by atoms with Gasteiger partial charge in [0.2, 0.25) is 0 Å². The van der Waals surface area contributed by atoms with Crippen molar-refractivity contribution in [2.45, 2.75) is 34.7 Å². The Balaban J connectivity index is 1.08. The molecule has 1 aliphatic rings. The molecule has 5 aromatic rings. The van der Waals surface area contributed by atoms with Crippen LogP contribution in [-0.2, 0) is 21.2 Å². The second-order valence-corrected chi connectivity index (χ2v) is 16.9. The topological polar surface area (TPSA) is 134 Å². The summed E-state index contributed by atoms with van der Waals surface area (Å²) in [5, 5.41) is 14.9. The fourth-order valence-electron chi connectivity index (χ4n) is 6.82. The van der Waals surface area contributed by atoms with Crippen LogP contribution in [0.1, 0.15) is 28.8 Å². The Morgan fingerprint density at radius 1 is 0.893 bits per heavy atom. The summed E-state index contributed by atoms with van der Waals surface area (Å²) in [4.78, 5) is 29.5. The van der Waals surface area contributed by atoms with Gasteiger partial charge in [0.15, 0.2) is 0 Å². The maximum atomic E-state index is 13.2. The monoisotopic (exact) mass is 793 g/mol. The lowest BCUT2D eigenvalue weighted by Gasteiger charge is -2.43. The number of ether oxygens (including phenoxy) is 1. The number of carbonyl (C=O) groups is 1. The van der Waals surface area contributed by atoms with Crippen molar-refractivity contribution in [3.8, 4) is 11.1 Å². The quantitative estimate of drug-likeness (QED) is 0.0417. The lowest BCUT2D eigenvalue weighted by atomic mass is 9.82. The summed E-state index contributed by atoms with van der Waals surface area (Å²) in [6.45, 7) is 3.34. The van der Waals surface area contributed by atoms with Crippen LogP contribution in [0.25, 0.3) is 11.1 Å². The van der Waals surface area contributed by atoms with Crippen molar-refractivity contribution in [2.75, 3.05) is 62.9 Å². The van der Waals surface area contributed by atoms with Crippen molar-refractivity contribution < 1.29 is 22.9 Å². The normalized spacial score (nSPS) is 14.0. The number of hydrogen-bond donors (Lipinski definition) is 2. The van der Waals surface area contributed by atoms with Gasteiger partial charge >= 0.3 is 0 Å². The third kappa shape index (κ3) is 10.5. The van der Waals surface area contributed by atoms with Crippen molar-refractivity contribution >= 4 is 44.8 Å². The van der Waals surface area contributed by atoms with Gasteiger partial charge in [-0.2, -0.15) is 0 Å². The van der Waals surface area contributed by atoms with Crippen LogP contribution in [0.3, 0.4) is 0 Å². The van der Waals surface area contributed by atoms with Crippen molar-refractivity contribution in [2.24, 2.45) is 0 Å². The number of hydrogen-bond acceptors (Lipinski definition) is 10. The number of sulfonamides is 1. The second kappa shape index (κ2) is 18.6. The van der Waals surface area contributed by atoms with Crippen LogP contribution >= 0.6 is 11.8 Å². The van der Waals surface area contributed by atoms with E-state index in [0.717, 1.165) is 55.5 Å². The highest BCUT2D eigenvalue weighted by atomic mass is 32.2. The van der Waals surface area contributed by atoms with Gasteiger partial charge in [0.1, 0.15) is 5.69 Å². The Bertz CT molecular complexity index is 2200. The molecule has 1 fully saturated rings. The highest BCUT2D eigenvalue weighted by Gasteiger charge is 2.36. The van der Waals surface area contributed by atoms with Gasteiger partial charge in [-0.3, -0.25) is 14.9 Å². The molecule has 1 heterocycles. The van der Waals surface area contributed by atoms with Gasteiger partial charge in [-0.25, -0.2) is 13.1 Å². The molecule has 5 aromatic carbocycles. The summed E-state index contributed by atoms with van der Waals surface area (Å²) in [5.74, 6) is -0.187. The van der Waals surface area contributed by atoms with Crippen molar-refractivity contribution in [3.63, 3.8) is 0 Å². The smallest absolute Gasteiger partial charge is 0.293 e. The number of nitrogens with one attached hydrogen (secondary N) is 2. The number of nitro benzene ring substituents is 1. The molecule has 0 radical (unpaired) electrons. The first-order chi connectivity index (χ1) is 27.0. The molecular weight excluding hydrogens is 747 g/mol. The van der Waals surface area contributed by atoms with E-state index in [9.17, 15) is 23.3 Å². The van der Waals surface area contributed by atoms with Crippen molar-refractivity contribution in [1.29, 1.82) is 0 Å². The lowest BCUT2D eigenvalue weighted by molar-refractivity contribution is -0.384. The number of amides is 1. The minimum Gasteiger partial charge on any atom is -0.379 e. The SMILES string of the molecule is CN(C)CCOC1(Cc2ccccc2-c2ccccc2)CCN(c2ccc(C(=O)NS(=O)(=O)c3ccc(NCCSc4ccccc4)c([N+](=O)[O-])c3)cc2)CC1. The summed E-state index contributed by atoms with van der Waals surface area (Å²) in [6.07, 6.45) is 2.39. The number of piperidine rings is 1. The number of nitro groups is 1. The minimum absolute atomic E-state index is 0.150. The van der Waals surface area contributed by atoms with Gasteiger partial charge in [-0.05, 0) is 92.2 Å². The Morgan fingerprint density at radius 3 is 2.23 bits per heavy atom. The first-order valence-corrected chi connectivity index (χ1v) is 21.0. The molecule has 0 bridgehead atoms. The molecule has 56 heavy (non-hydrogen) atoms. The third-order valence-electron chi connectivity index (χ3n) is 9.86. The number of benzene rings is 5. The van der Waals surface area contributed by atoms with E-state index in [1.54, 1.807) is 23.9 Å². The number of nitrogens with zero attached hydrogens (tertiary/aromatic N) is 3. The van der Waals surface area contributed by atoms with E-state index in [0.29, 0.717) is 18.9 Å². The van der Waals surface area contributed by atoms with Crippen LogP contribution in [0.2, 0.25) is 0 Å². The summed E-state index contributed by atoms with van der Waals surface area (Å²) < 4.78 is 35.3. The number of carbonyl (C=O) groups excluding carboxylic acids is 1. The zero-order valence-electron chi connectivity index (χ0n) is 31.6. The number of rotatable bonds is 17. The number of thioether (sulfide) groups is 1. The Morgan fingerprint density at radius 2 is 1.55 bits per heavy atom. The predicted molar refractivity (Wildman–Crippen MR) is 224 cm³/mol. The third-order valence-corrected chi connectivity index (χ3v) is 12.2. The Hall–Kier alpha value is -5.21. The molecule has 13 heteroatoms. The molecule has 0 saturated carbocycles. The van der Waals surface area contributed by atoms with E-state index in [1.807, 2.05) is 62.6 Å². The molecule has 11 nitrogen and oxygen atoms in total. The van der Waals surface area contributed by atoms with Gasteiger partial charge in [0, 0.05) is 60.6 Å². The van der Waals surface area contributed by atoms with E-state index in [-0.39, 0.29) is 21.7 Å². The van der Waals surface area contributed by atoms with Crippen molar-refractivity contribution in [1.82, 2.24) is 9.62 Å². The van der Waals surface area contributed by atoms with E-state index in [2.05, 4.69) is 68.4 Å². The summed E-state index contributed by atoms with van der Waals surface area (Å²) >= 11 is 1.59. The highest BCUT2D eigenvalue weighted by Crippen LogP contribution is 2.36. The first kappa shape index (κ1) is 40.5. The average Bonchev–Trinajstić information content (AvgIpc) is 3.20. The minimum atomic E-state index is -4.41. The molecule has 0 atom stereocenters. The predicted octanol–water partition coefficient (Wildman–Crippen LogP) is 7.74. The van der Waals surface area contributed by atoms with Crippen LogP contribution < -0.4 is 14.9 Å². The molecular formula is C43H47N5O6S2. The van der Waals surface area contributed by atoms with Crippen LogP contribution in [0.5, 0.6) is 0 Å². The molecule has 0 aromatic heterocycles. The maximum absolute atomic E-state index is 13.2. The second-order valence-electron chi connectivity index (χ2n) is 14.0. The maximum Gasteiger partial charge on any atom is 0.293 e. The van der Waals surface area contributed by atoms with Crippen LogP contribution in [0.15, 0.2) is 137 Å². The molecule has 1 amide bonds. The van der Waals surface area contributed by atoms with Gasteiger partial charge in [-0.15, -0.1) is 11.8 Å². The molecule has 0 aliphatic carbocycles. The number of anilines is 2. The fourth-order valence-corrected chi connectivity index (χ4v) is 8.61. The zero-order chi connectivity index (χ0) is 39.5. The Labute approximate surface area is 333 Å². The van der Waals surface area contributed by atoms with E-state index < -0.39 is 26.5 Å². The number of likely N-dealkylation sites (N-methyl/N-ethyl adjacent to an activating group) is 1. The van der Waals surface area contributed by atoms with E-state index in [1.165, 1.54) is 28.8 Å². The average molecular weight is 794 g/mol. The molecule has 6 rings (SSSR count). The van der Waals surface area contributed by atoms with Gasteiger partial charge in [0.25, 0.3) is 21.6 Å². The van der Waals surface area contributed by atoms with E-state index in [4.69, 9.17) is 4.74 Å². The fraction of sp³-hybridized carbons (Fsp3) is 0.279. The van der Waals surface area contributed by atoms with Gasteiger partial charge in [0.05, 0.1) is 22.0 Å². The summed E-state index contributed by atoms with van der Waals surface area (Å²) in [7, 11) is -0.327. The molecule has 1 saturated heterocycles.